The lowest BCUT2D eigenvalue weighted by Gasteiger charge is -2.12. The number of nitrogens with one attached hydrogen (secondary N) is 3. The summed E-state index contributed by atoms with van der Waals surface area (Å²) < 4.78 is 36.8. The number of ether oxygens (including phenoxy) is 1. The molecule has 22 nitrogen and oxygen atoms in total. The first kappa shape index (κ1) is 59.4. The first-order valence-corrected chi connectivity index (χ1v) is 26.7. The molecule has 6 heterocycles. The minimum absolute atomic E-state index is 0.233. The van der Waals surface area contributed by atoms with Crippen LogP contribution in [0.3, 0.4) is 0 Å². The standard InChI is InChI=1S/C22H21FN6O.C21H19FN6O.C18H17ClN6O2/c1-2-30-27-12-19-21(24)25-14-26-22(19)28-18-6-7-20-16(11-18)8-9-29(20)13-15-4-3-5-17(23)10-15;1-29-26-11-18-20(23)24-13-25-21(18)27-17-5-6-19-15(10-17)7-8-28(19)12-14-3-2-4-16(22)9-14;1-26-24-9-14-17(20)22-11-23-18(14)25-12-5-6-16(15(19)8-12)27-10-13-4-2-3-7-21-13/h3-12,14H,2,13H2,1H3,(H3,24,25,26,28);2-11,13H,12H2,1H3,(H3,23,24,25,27);2-9,11H,10H2,1H3,(H3,20,22,23,25)/b27-12+;26-11+;24-9+. The van der Waals surface area contributed by atoms with Crippen LogP contribution in [0.25, 0.3) is 21.8 Å². The molecule has 11 rings (SSSR count). The molecule has 0 unspecified atom stereocenters. The van der Waals surface area contributed by atoms with E-state index in [1.54, 1.807) is 42.6 Å². The molecule has 0 spiro atoms. The molecule has 0 fully saturated rings. The highest BCUT2D eigenvalue weighted by molar-refractivity contribution is 6.32. The van der Waals surface area contributed by atoms with Crippen LogP contribution in [0.5, 0.6) is 5.75 Å². The Balaban J connectivity index is 0.000000154. The molecule has 0 radical (unpaired) electrons. The largest absolute Gasteiger partial charge is 0.486 e. The average Bonchev–Trinajstić information content (AvgIpc) is 2.86. The Kier molecular flexibility index (Phi) is 20.1. The van der Waals surface area contributed by atoms with Gasteiger partial charge in [0.05, 0.1) is 46.1 Å². The first-order chi connectivity index (χ1) is 41.9. The Morgan fingerprint density at radius 1 is 0.535 bits per heavy atom. The quantitative estimate of drug-likeness (QED) is 0.0305. The molecule has 5 aromatic carbocycles. The van der Waals surface area contributed by atoms with Crippen molar-refractivity contribution in [2.75, 3.05) is 54.0 Å². The highest BCUT2D eigenvalue weighted by Gasteiger charge is 2.14. The van der Waals surface area contributed by atoms with E-state index in [2.05, 4.69) is 75.4 Å². The van der Waals surface area contributed by atoms with Gasteiger partial charge in [0.1, 0.15) is 98.7 Å². The fourth-order valence-electron chi connectivity index (χ4n) is 8.52. The van der Waals surface area contributed by atoms with Crippen LogP contribution >= 0.6 is 11.6 Å². The van der Waals surface area contributed by atoms with Crippen LogP contribution in [0, 0.1) is 11.6 Å². The Morgan fingerprint density at radius 2 is 1.01 bits per heavy atom. The van der Waals surface area contributed by atoms with E-state index in [1.807, 2.05) is 104 Å². The minimum Gasteiger partial charge on any atom is -0.486 e. The van der Waals surface area contributed by atoms with Crippen LogP contribution in [-0.2, 0) is 34.2 Å². The lowest BCUT2D eigenvalue weighted by molar-refractivity contribution is 0.160. The highest BCUT2D eigenvalue weighted by atomic mass is 35.5. The smallest absolute Gasteiger partial charge is 0.144 e. The van der Waals surface area contributed by atoms with E-state index < -0.39 is 0 Å². The number of benzene rings is 5. The molecule has 6 aromatic heterocycles. The SMILES string of the molecule is CCO/N=C/c1c(N)ncnc1Nc1ccc2c(ccn2Cc2cccc(F)c2)c1.CO/N=C/c1c(N)ncnc1Nc1ccc(OCc2ccccn2)c(Cl)c1.CO/N=C/c1c(N)ncnc1Nc1ccc2c(ccn2Cc2cccc(F)c2)c1. The zero-order chi connectivity index (χ0) is 60.2. The number of oxime groups is 3. The van der Waals surface area contributed by atoms with E-state index in [0.29, 0.717) is 88.5 Å². The molecule has 25 heteroatoms. The molecule has 0 saturated carbocycles. The Morgan fingerprint density at radius 3 is 1.45 bits per heavy atom. The molecule has 0 bridgehead atoms. The zero-order valence-corrected chi connectivity index (χ0v) is 47.3. The summed E-state index contributed by atoms with van der Waals surface area (Å²) in [5.74, 6) is 2.49. The van der Waals surface area contributed by atoms with E-state index in [9.17, 15) is 8.78 Å². The second-order valence-electron chi connectivity index (χ2n) is 18.4. The molecule has 11 aromatic rings. The van der Waals surface area contributed by atoms with Gasteiger partial charge in [-0.25, -0.2) is 38.7 Å². The van der Waals surface area contributed by atoms with Crippen molar-refractivity contribution in [1.82, 2.24) is 44.0 Å². The molecule has 0 amide bonds. The van der Waals surface area contributed by atoms with E-state index in [4.69, 9.17) is 48.1 Å². The average molecular weight is 1180 g/mol. The summed E-state index contributed by atoms with van der Waals surface area (Å²) in [6.07, 6.45) is 14.2. The molecule has 436 valence electrons. The molecule has 0 saturated heterocycles. The summed E-state index contributed by atoms with van der Waals surface area (Å²) in [5.41, 5.74) is 26.5. The number of fused-ring (bicyclic) bond motifs is 2. The molecule has 86 heavy (non-hydrogen) atoms. The van der Waals surface area contributed by atoms with Crippen LogP contribution in [0.4, 0.5) is 60.8 Å². The zero-order valence-electron chi connectivity index (χ0n) is 46.6. The summed E-state index contributed by atoms with van der Waals surface area (Å²) in [7, 11) is 2.89. The van der Waals surface area contributed by atoms with Gasteiger partial charge >= 0.3 is 0 Å². The van der Waals surface area contributed by atoms with Crippen LogP contribution in [0.1, 0.15) is 40.4 Å². The van der Waals surface area contributed by atoms with Crippen molar-refractivity contribution < 1.29 is 28.0 Å². The summed E-state index contributed by atoms with van der Waals surface area (Å²) in [4.78, 5) is 43.3. The normalized spacial score (nSPS) is 11.1. The molecule has 9 N–H and O–H groups in total. The topological polar surface area (TPSA) is 288 Å². The molecular formula is C61H57ClF2N18O4. The molecule has 0 atom stereocenters. The molecule has 0 aliphatic carbocycles. The number of anilines is 9. The maximum Gasteiger partial charge on any atom is 0.144 e. The first-order valence-electron chi connectivity index (χ1n) is 26.3. The van der Waals surface area contributed by atoms with Gasteiger partial charge in [-0.3, -0.25) is 4.98 Å². The summed E-state index contributed by atoms with van der Waals surface area (Å²) in [6, 6.07) is 40.1. The third-order valence-corrected chi connectivity index (χ3v) is 12.8. The number of halogens is 3. The van der Waals surface area contributed by atoms with E-state index in [1.165, 1.54) is 64.0 Å². The molecule has 0 aliphatic heterocycles. The Labute approximate surface area is 497 Å². The monoisotopic (exact) mass is 1180 g/mol. The second kappa shape index (κ2) is 29.1. The van der Waals surface area contributed by atoms with Crippen molar-refractivity contribution in [2.24, 2.45) is 15.5 Å². The summed E-state index contributed by atoms with van der Waals surface area (Å²) in [6.45, 7) is 3.81. The maximum atomic E-state index is 13.5. The van der Waals surface area contributed by atoms with E-state index >= 15 is 0 Å². The number of nitrogen functional groups attached to an aromatic ring is 3. The minimum atomic E-state index is -0.234. The number of pyridine rings is 1. The van der Waals surface area contributed by atoms with Gasteiger partial charge in [-0.15, -0.1) is 0 Å². The number of aromatic nitrogens is 9. The van der Waals surface area contributed by atoms with Gasteiger partial charge < -0.3 is 61.5 Å². The van der Waals surface area contributed by atoms with E-state index in [0.717, 1.165) is 50.0 Å². The fourth-order valence-corrected chi connectivity index (χ4v) is 8.76. The van der Waals surface area contributed by atoms with Crippen LogP contribution in [0.15, 0.2) is 186 Å². The number of nitrogens with two attached hydrogens (primary N) is 3. The maximum absolute atomic E-state index is 13.5. The number of rotatable bonds is 20. The van der Waals surface area contributed by atoms with Crippen molar-refractivity contribution in [3.63, 3.8) is 0 Å². The van der Waals surface area contributed by atoms with E-state index in [-0.39, 0.29) is 17.5 Å². The third-order valence-electron chi connectivity index (χ3n) is 12.6. The lowest BCUT2D eigenvalue weighted by atomic mass is 10.2. The lowest BCUT2D eigenvalue weighted by Crippen LogP contribution is -2.05. The second-order valence-corrected chi connectivity index (χ2v) is 18.8. The van der Waals surface area contributed by atoms with Gasteiger partial charge in [-0.1, -0.05) is 57.4 Å². The van der Waals surface area contributed by atoms with Gasteiger partial charge in [0.25, 0.3) is 0 Å². The van der Waals surface area contributed by atoms with Gasteiger partial charge in [0.2, 0.25) is 0 Å². The van der Waals surface area contributed by atoms with Crippen LogP contribution in [-0.4, -0.2) is 83.5 Å². The number of hydrogen-bond donors (Lipinski definition) is 6. The molecule has 0 aliphatic rings. The highest BCUT2D eigenvalue weighted by Crippen LogP contribution is 2.32. The predicted octanol–water partition coefficient (Wildman–Crippen LogP) is 11.6. The van der Waals surface area contributed by atoms with Gasteiger partial charge in [-0.2, -0.15) is 0 Å². The third kappa shape index (κ3) is 15.8. The van der Waals surface area contributed by atoms with Crippen molar-refractivity contribution in [1.29, 1.82) is 0 Å². The van der Waals surface area contributed by atoms with Gasteiger partial charge in [-0.05, 0) is 121 Å². The van der Waals surface area contributed by atoms with Gasteiger partial charge in [0.15, 0.2) is 0 Å². The van der Waals surface area contributed by atoms with Crippen LogP contribution in [0.2, 0.25) is 5.02 Å². The Bertz CT molecular complexity index is 4170. The summed E-state index contributed by atoms with van der Waals surface area (Å²) in [5, 5.41) is 23.5. The van der Waals surface area contributed by atoms with Crippen molar-refractivity contribution in [3.8, 4) is 5.75 Å². The Hall–Kier alpha value is -11.3. The summed E-state index contributed by atoms with van der Waals surface area (Å²) >= 11 is 6.33. The number of hydrogen-bond acceptors (Lipinski definition) is 20. The van der Waals surface area contributed by atoms with Crippen molar-refractivity contribution in [2.45, 2.75) is 26.6 Å². The van der Waals surface area contributed by atoms with Crippen LogP contribution < -0.4 is 37.9 Å². The number of nitrogens with zero attached hydrogens (tertiary/aromatic N) is 12. The van der Waals surface area contributed by atoms with Crippen molar-refractivity contribution in [3.05, 3.63) is 221 Å². The molecular weight excluding hydrogens is 1120 g/mol. The fraction of sp³-hybridized carbons (Fsp3) is 0.115. The predicted molar refractivity (Wildman–Crippen MR) is 333 cm³/mol. The van der Waals surface area contributed by atoms with Gasteiger partial charge in [0, 0.05) is 70.5 Å². The van der Waals surface area contributed by atoms with Crippen molar-refractivity contribution >= 4 is 104 Å².